The fraction of sp³-hybridized carbons (Fsp3) is 0.733. The molecule has 1 N–H and O–H groups in total. The summed E-state index contributed by atoms with van der Waals surface area (Å²) in [5.74, 6) is 0.592. The molecule has 1 saturated heterocycles. The van der Waals surface area contributed by atoms with Crippen LogP contribution >= 0.6 is 11.3 Å². The van der Waals surface area contributed by atoms with Gasteiger partial charge in [0.2, 0.25) is 10.0 Å². The van der Waals surface area contributed by atoms with E-state index in [1.807, 2.05) is 13.0 Å². The first-order chi connectivity index (χ1) is 10.0. The molecule has 1 aliphatic carbocycles. The topological polar surface area (TPSA) is 49.4 Å². The third-order valence-corrected chi connectivity index (χ3v) is 7.82. The van der Waals surface area contributed by atoms with Gasteiger partial charge in [0.05, 0.1) is 4.90 Å². The minimum Gasteiger partial charge on any atom is -0.312 e. The fourth-order valence-electron chi connectivity index (χ4n) is 3.56. The van der Waals surface area contributed by atoms with Crippen LogP contribution in [0.4, 0.5) is 0 Å². The van der Waals surface area contributed by atoms with E-state index in [0.717, 1.165) is 48.7 Å². The Balaban J connectivity index is 1.79. The standard InChI is InChI=1S/C15H24N2O2S2/c1-3-6-16-9-14-8-15(11(2)20-14)21(18,19)17-10-12-4-5-13(17)7-12/h8,12-13,16H,3-7,9-10H2,1-2H3. The molecule has 21 heavy (non-hydrogen) atoms. The van der Waals surface area contributed by atoms with Crippen LogP contribution in [0.2, 0.25) is 0 Å². The van der Waals surface area contributed by atoms with Crippen molar-refractivity contribution in [3.05, 3.63) is 15.8 Å². The van der Waals surface area contributed by atoms with E-state index >= 15 is 0 Å². The van der Waals surface area contributed by atoms with Crippen LogP contribution < -0.4 is 5.32 Å². The SMILES string of the molecule is CCCNCc1cc(S(=O)(=O)N2CC3CCC2C3)c(C)s1. The maximum atomic E-state index is 12.9. The third-order valence-electron chi connectivity index (χ3n) is 4.59. The van der Waals surface area contributed by atoms with Crippen LogP contribution in [0.25, 0.3) is 0 Å². The van der Waals surface area contributed by atoms with E-state index in [2.05, 4.69) is 12.2 Å². The number of hydrogen-bond acceptors (Lipinski definition) is 4. The second-order valence-corrected chi connectivity index (χ2v) is 9.42. The molecule has 0 amide bonds. The van der Waals surface area contributed by atoms with Gasteiger partial charge in [-0.25, -0.2) is 8.42 Å². The summed E-state index contributed by atoms with van der Waals surface area (Å²) in [4.78, 5) is 2.57. The lowest BCUT2D eigenvalue weighted by Crippen LogP contribution is -2.37. The zero-order valence-corrected chi connectivity index (χ0v) is 14.4. The molecule has 1 aliphatic heterocycles. The molecule has 2 atom stereocenters. The Hall–Kier alpha value is -0.430. The summed E-state index contributed by atoms with van der Waals surface area (Å²) in [5.41, 5.74) is 0. The molecule has 6 heteroatoms. The van der Waals surface area contributed by atoms with Crippen LogP contribution in [0, 0.1) is 12.8 Å². The number of rotatable bonds is 6. The number of nitrogens with zero attached hydrogens (tertiary/aromatic N) is 1. The number of aryl methyl sites for hydroxylation is 1. The molecule has 1 aromatic heterocycles. The molecule has 2 unspecified atom stereocenters. The van der Waals surface area contributed by atoms with Crippen molar-refractivity contribution in [2.24, 2.45) is 5.92 Å². The van der Waals surface area contributed by atoms with Crippen molar-refractivity contribution in [3.63, 3.8) is 0 Å². The van der Waals surface area contributed by atoms with Crippen LogP contribution in [0.1, 0.15) is 42.4 Å². The second-order valence-electron chi connectivity index (χ2n) is 6.22. The highest BCUT2D eigenvalue weighted by molar-refractivity contribution is 7.89. The normalized spacial score (nSPS) is 25.8. The predicted molar refractivity (Wildman–Crippen MR) is 86.1 cm³/mol. The molecule has 2 aliphatic rings. The summed E-state index contributed by atoms with van der Waals surface area (Å²) in [6.07, 6.45) is 4.39. The Morgan fingerprint density at radius 2 is 2.24 bits per heavy atom. The highest BCUT2D eigenvalue weighted by Crippen LogP contribution is 2.41. The van der Waals surface area contributed by atoms with Crippen molar-refractivity contribution in [1.82, 2.24) is 9.62 Å². The number of piperidine rings is 1. The molecule has 3 rings (SSSR count). The average Bonchev–Trinajstić information content (AvgIpc) is 3.14. The van der Waals surface area contributed by atoms with Gasteiger partial charge in [0.25, 0.3) is 0 Å². The minimum atomic E-state index is -3.29. The smallest absolute Gasteiger partial charge is 0.244 e. The molecular formula is C15H24N2O2S2. The fourth-order valence-corrected chi connectivity index (χ4v) is 6.87. The van der Waals surface area contributed by atoms with Crippen LogP contribution in [-0.4, -0.2) is 31.9 Å². The minimum absolute atomic E-state index is 0.251. The lowest BCUT2D eigenvalue weighted by molar-refractivity contribution is 0.333. The van der Waals surface area contributed by atoms with Gasteiger partial charge < -0.3 is 5.32 Å². The van der Waals surface area contributed by atoms with Gasteiger partial charge in [0.1, 0.15) is 0 Å². The molecule has 0 aromatic carbocycles. The molecule has 1 aromatic rings. The van der Waals surface area contributed by atoms with Gasteiger partial charge in [-0.2, -0.15) is 4.31 Å². The van der Waals surface area contributed by atoms with E-state index in [-0.39, 0.29) is 6.04 Å². The molecule has 0 radical (unpaired) electrons. The molecule has 2 bridgehead atoms. The highest BCUT2D eigenvalue weighted by atomic mass is 32.2. The maximum absolute atomic E-state index is 12.9. The monoisotopic (exact) mass is 328 g/mol. The molecule has 1 saturated carbocycles. The Morgan fingerprint density at radius 1 is 1.43 bits per heavy atom. The lowest BCUT2D eigenvalue weighted by Gasteiger charge is -2.26. The summed E-state index contributed by atoms with van der Waals surface area (Å²) in [5, 5.41) is 3.34. The first-order valence-electron chi connectivity index (χ1n) is 7.84. The summed E-state index contributed by atoms with van der Waals surface area (Å²) >= 11 is 1.60. The third kappa shape index (κ3) is 2.91. The molecular weight excluding hydrogens is 304 g/mol. The first kappa shape index (κ1) is 15.5. The van der Waals surface area contributed by atoms with Gasteiger partial charge in [-0.05, 0) is 51.1 Å². The zero-order chi connectivity index (χ0) is 15.0. The Labute approximate surface area is 131 Å². The van der Waals surface area contributed by atoms with E-state index in [9.17, 15) is 8.42 Å². The lowest BCUT2D eigenvalue weighted by atomic mass is 10.1. The van der Waals surface area contributed by atoms with Crippen LogP contribution in [0.5, 0.6) is 0 Å². The van der Waals surface area contributed by atoms with E-state index in [4.69, 9.17) is 0 Å². The molecule has 2 heterocycles. The largest absolute Gasteiger partial charge is 0.312 e. The molecule has 2 fully saturated rings. The van der Waals surface area contributed by atoms with E-state index < -0.39 is 10.0 Å². The Bertz CT molecular complexity index is 609. The zero-order valence-electron chi connectivity index (χ0n) is 12.8. The quantitative estimate of drug-likeness (QED) is 0.817. The second kappa shape index (κ2) is 5.99. The highest BCUT2D eigenvalue weighted by Gasteiger charge is 2.44. The number of fused-ring (bicyclic) bond motifs is 2. The summed E-state index contributed by atoms with van der Waals surface area (Å²) < 4.78 is 27.6. The Morgan fingerprint density at radius 3 is 2.86 bits per heavy atom. The van der Waals surface area contributed by atoms with E-state index in [1.54, 1.807) is 15.6 Å². The van der Waals surface area contributed by atoms with Gasteiger partial charge in [-0.15, -0.1) is 11.3 Å². The van der Waals surface area contributed by atoms with Crippen molar-refractivity contribution in [3.8, 4) is 0 Å². The van der Waals surface area contributed by atoms with Gasteiger partial charge in [0.15, 0.2) is 0 Å². The van der Waals surface area contributed by atoms with Crippen molar-refractivity contribution in [1.29, 1.82) is 0 Å². The van der Waals surface area contributed by atoms with Crippen molar-refractivity contribution >= 4 is 21.4 Å². The van der Waals surface area contributed by atoms with Gasteiger partial charge in [-0.3, -0.25) is 0 Å². The van der Waals surface area contributed by atoms with Crippen LogP contribution in [0.3, 0.4) is 0 Å². The first-order valence-corrected chi connectivity index (χ1v) is 10.1. The van der Waals surface area contributed by atoms with Crippen molar-refractivity contribution in [2.45, 2.75) is 57.0 Å². The summed E-state index contributed by atoms with van der Waals surface area (Å²) in [7, 11) is -3.29. The van der Waals surface area contributed by atoms with Crippen molar-refractivity contribution in [2.75, 3.05) is 13.1 Å². The summed E-state index contributed by atoms with van der Waals surface area (Å²) in [6.45, 7) is 6.52. The Kier molecular flexibility index (Phi) is 4.41. The van der Waals surface area contributed by atoms with Crippen molar-refractivity contribution < 1.29 is 8.42 Å². The van der Waals surface area contributed by atoms with Crippen LogP contribution in [-0.2, 0) is 16.6 Å². The summed E-state index contributed by atoms with van der Waals surface area (Å²) in [6, 6.07) is 2.13. The average molecular weight is 329 g/mol. The number of thiophene rings is 1. The molecule has 4 nitrogen and oxygen atoms in total. The number of nitrogens with one attached hydrogen (secondary N) is 1. The van der Waals surface area contributed by atoms with Crippen LogP contribution in [0.15, 0.2) is 11.0 Å². The molecule has 0 spiro atoms. The molecule has 118 valence electrons. The number of hydrogen-bond donors (Lipinski definition) is 1. The van der Waals surface area contributed by atoms with E-state index in [0.29, 0.717) is 10.8 Å². The number of sulfonamides is 1. The van der Waals surface area contributed by atoms with Gasteiger partial charge in [-0.1, -0.05) is 6.92 Å². The predicted octanol–water partition coefficient (Wildman–Crippen LogP) is 2.73. The maximum Gasteiger partial charge on any atom is 0.244 e. The van der Waals surface area contributed by atoms with Gasteiger partial charge >= 0.3 is 0 Å². The van der Waals surface area contributed by atoms with E-state index in [1.165, 1.54) is 6.42 Å². The van der Waals surface area contributed by atoms with Gasteiger partial charge in [0, 0.05) is 28.9 Å².